The average molecular weight is 257 g/mol. The first-order valence-corrected chi connectivity index (χ1v) is 6.88. The second kappa shape index (κ2) is 5.48. The number of aromatic nitrogens is 4. The van der Waals surface area contributed by atoms with Gasteiger partial charge in [-0.05, 0) is 44.2 Å². The van der Waals surface area contributed by atoms with Crippen LogP contribution in [0.3, 0.4) is 0 Å². The summed E-state index contributed by atoms with van der Waals surface area (Å²) in [4.78, 5) is 8.49. The third-order valence-electron chi connectivity index (χ3n) is 3.83. The summed E-state index contributed by atoms with van der Waals surface area (Å²) in [5.41, 5.74) is 6.53. The van der Waals surface area contributed by atoms with E-state index in [1.54, 1.807) is 12.4 Å². The predicted molar refractivity (Wildman–Crippen MR) is 73.3 cm³/mol. The highest BCUT2D eigenvalue weighted by Crippen LogP contribution is 2.40. The SMILES string of the molecule is NCCCC1CC(n2cc(-c3ncccn3)cn2)C1. The number of nitrogens with two attached hydrogens (primary N) is 1. The normalized spacial score (nSPS) is 22.2. The standard InChI is InChI=1S/C14H19N5/c15-4-1-3-11-7-13(8-11)19-10-12(9-18-19)14-16-5-2-6-17-14/h2,5-6,9-11,13H,1,3-4,7-8,15H2. The molecular weight excluding hydrogens is 238 g/mol. The van der Waals surface area contributed by atoms with E-state index in [-0.39, 0.29) is 0 Å². The van der Waals surface area contributed by atoms with Crippen molar-refractivity contribution in [1.82, 2.24) is 19.7 Å². The summed E-state index contributed by atoms with van der Waals surface area (Å²) >= 11 is 0. The summed E-state index contributed by atoms with van der Waals surface area (Å²) in [5, 5.41) is 4.44. The summed E-state index contributed by atoms with van der Waals surface area (Å²) in [7, 11) is 0. The van der Waals surface area contributed by atoms with E-state index in [1.165, 1.54) is 19.3 Å². The zero-order chi connectivity index (χ0) is 13.1. The van der Waals surface area contributed by atoms with Gasteiger partial charge < -0.3 is 5.73 Å². The fraction of sp³-hybridized carbons (Fsp3) is 0.500. The van der Waals surface area contributed by atoms with Gasteiger partial charge in [-0.2, -0.15) is 5.10 Å². The Bertz CT molecular complexity index is 516. The van der Waals surface area contributed by atoms with Crippen molar-refractivity contribution in [3.05, 3.63) is 30.9 Å². The van der Waals surface area contributed by atoms with Gasteiger partial charge in [0.2, 0.25) is 0 Å². The van der Waals surface area contributed by atoms with Gasteiger partial charge in [-0.25, -0.2) is 9.97 Å². The molecule has 0 amide bonds. The average Bonchev–Trinajstić information content (AvgIpc) is 2.87. The van der Waals surface area contributed by atoms with Crippen LogP contribution >= 0.6 is 0 Å². The first-order chi connectivity index (χ1) is 9.36. The molecule has 0 spiro atoms. The van der Waals surface area contributed by atoms with E-state index < -0.39 is 0 Å². The third-order valence-corrected chi connectivity index (χ3v) is 3.83. The van der Waals surface area contributed by atoms with E-state index >= 15 is 0 Å². The lowest BCUT2D eigenvalue weighted by Gasteiger charge is -2.35. The number of hydrogen-bond donors (Lipinski definition) is 1. The van der Waals surface area contributed by atoms with Crippen molar-refractivity contribution in [2.45, 2.75) is 31.7 Å². The molecule has 5 nitrogen and oxygen atoms in total. The summed E-state index contributed by atoms with van der Waals surface area (Å²) in [6.45, 7) is 0.804. The Morgan fingerprint density at radius 2 is 2.05 bits per heavy atom. The minimum atomic E-state index is 0.542. The molecule has 1 aliphatic rings. The van der Waals surface area contributed by atoms with Crippen LogP contribution in [0.1, 0.15) is 31.7 Å². The van der Waals surface area contributed by atoms with Crippen LogP contribution in [0.5, 0.6) is 0 Å². The Balaban J connectivity index is 1.61. The number of rotatable bonds is 5. The van der Waals surface area contributed by atoms with E-state index in [1.807, 2.05) is 12.3 Å². The van der Waals surface area contributed by atoms with Gasteiger partial charge >= 0.3 is 0 Å². The van der Waals surface area contributed by atoms with Crippen LogP contribution in [0.15, 0.2) is 30.9 Å². The lowest BCUT2D eigenvalue weighted by molar-refractivity contribution is 0.171. The molecule has 2 aromatic rings. The largest absolute Gasteiger partial charge is 0.330 e. The minimum absolute atomic E-state index is 0.542. The molecule has 1 aliphatic carbocycles. The summed E-state index contributed by atoms with van der Waals surface area (Å²) in [5.74, 6) is 1.57. The maximum Gasteiger partial charge on any atom is 0.162 e. The zero-order valence-electron chi connectivity index (χ0n) is 10.9. The highest BCUT2D eigenvalue weighted by Gasteiger charge is 2.30. The zero-order valence-corrected chi connectivity index (χ0v) is 10.9. The van der Waals surface area contributed by atoms with E-state index in [2.05, 4.69) is 25.9 Å². The molecule has 0 aliphatic heterocycles. The highest BCUT2D eigenvalue weighted by atomic mass is 15.3. The molecule has 0 aromatic carbocycles. The molecular formula is C14H19N5. The fourth-order valence-electron chi connectivity index (χ4n) is 2.66. The van der Waals surface area contributed by atoms with Crippen LogP contribution < -0.4 is 5.73 Å². The highest BCUT2D eigenvalue weighted by molar-refractivity contribution is 5.51. The van der Waals surface area contributed by atoms with Crippen molar-refractivity contribution in [1.29, 1.82) is 0 Å². The fourth-order valence-corrected chi connectivity index (χ4v) is 2.66. The van der Waals surface area contributed by atoms with E-state index in [0.717, 1.165) is 30.3 Å². The second-order valence-corrected chi connectivity index (χ2v) is 5.20. The minimum Gasteiger partial charge on any atom is -0.330 e. The molecule has 0 radical (unpaired) electrons. The second-order valence-electron chi connectivity index (χ2n) is 5.20. The molecule has 0 atom stereocenters. The molecule has 1 fully saturated rings. The van der Waals surface area contributed by atoms with Crippen LogP contribution in [0.2, 0.25) is 0 Å². The van der Waals surface area contributed by atoms with Crippen LogP contribution in [0.4, 0.5) is 0 Å². The first-order valence-electron chi connectivity index (χ1n) is 6.88. The predicted octanol–water partition coefficient (Wildman–Crippen LogP) is 2.03. The molecule has 2 N–H and O–H groups in total. The van der Waals surface area contributed by atoms with Crippen molar-refractivity contribution in [2.75, 3.05) is 6.54 Å². The van der Waals surface area contributed by atoms with Crippen LogP contribution in [-0.2, 0) is 0 Å². The van der Waals surface area contributed by atoms with E-state index in [9.17, 15) is 0 Å². The summed E-state index contributed by atoms with van der Waals surface area (Å²) in [6, 6.07) is 2.36. The topological polar surface area (TPSA) is 69.6 Å². The van der Waals surface area contributed by atoms with Crippen LogP contribution in [-0.4, -0.2) is 26.3 Å². The van der Waals surface area contributed by atoms with Gasteiger partial charge in [0.15, 0.2) is 5.82 Å². The van der Waals surface area contributed by atoms with Crippen molar-refractivity contribution < 1.29 is 0 Å². The van der Waals surface area contributed by atoms with Gasteiger partial charge in [-0.15, -0.1) is 0 Å². The van der Waals surface area contributed by atoms with Crippen molar-refractivity contribution in [2.24, 2.45) is 11.7 Å². The Kier molecular flexibility index (Phi) is 3.55. The van der Waals surface area contributed by atoms with Crippen molar-refractivity contribution >= 4 is 0 Å². The Labute approximate surface area is 112 Å². The quantitative estimate of drug-likeness (QED) is 0.889. The Morgan fingerprint density at radius 3 is 2.79 bits per heavy atom. The number of hydrogen-bond acceptors (Lipinski definition) is 4. The monoisotopic (exact) mass is 257 g/mol. The molecule has 2 heterocycles. The first kappa shape index (κ1) is 12.3. The van der Waals surface area contributed by atoms with E-state index in [0.29, 0.717) is 6.04 Å². The van der Waals surface area contributed by atoms with Gasteiger partial charge in [0.05, 0.1) is 17.8 Å². The molecule has 2 aromatic heterocycles. The molecule has 0 saturated heterocycles. The summed E-state index contributed by atoms with van der Waals surface area (Å²) < 4.78 is 2.06. The molecule has 3 rings (SSSR count). The smallest absolute Gasteiger partial charge is 0.162 e. The van der Waals surface area contributed by atoms with Gasteiger partial charge in [0.25, 0.3) is 0 Å². The Hall–Kier alpha value is -1.75. The lowest BCUT2D eigenvalue weighted by atomic mass is 9.77. The van der Waals surface area contributed by atoms with Crippen molar-refractivity contribution in [3.8, 4) is 11.4 Å². The molecule has 100 valence electrons. The van der Waals surface area contributed by atoms with E-state index in [4.69, 9.17) is 5.73 Å². The maximum atomic E-state index is 5.54. The molecule has 1 saturated carbocycles. The van der Waals surface area contributed by atoms with Crippen LogP contribution in [0.25, 0.3) is 11.4 Å². The maximum absolute atomic E-state index is 5.54. The molecule has 0 unspecified atom stereocenters. The lowest BCUT2D eigenvalue weighted by Crippen LogP contribution is -2.27. The van der Waals surface area contributed by atoms with Gasteiger partial charge in [0, 0.05) is 18.6 Å². The molecule has 5 heteroatoms. The van der Waals surface area contributed by atoms with Crippen LogP contribution in [0, 0.1) is 5.92 Å². The number of nitrogens with zero attached hydrogens (tertiary/aromatic N) is 4. The van der Waals surface area contributed by atoms with Gasteiger partial charge in [-0.3, -0.25) is 4.68 Å². The molecule has 0 bridgehead atoms. The van der Waals surface area contributed by atoms with Gasteiger partial charge in [-0.1, -0.05) is 0 Å². The molecule has 19 heavy (non-hydrogen) atoms. The third kappa shape index (κ3) is 2.66. The summed E-state index contributed by atoms with van der Waals surface area (Å²) in [6.07, 6.45) is 12.2. The Morgan fingerprint density at radius 1 is 1.26 bits per heavy atom. The van der Waals surface area contributed by atoms with Gasteiger partial charge in [0.1, 0.15) is 0 Å². The van der Waals surface area contributed by atoms with Crippen molar-refractivity contribution in [3.63, 3.8) is 0 Å².